The maximum atomic E-state index is 12.9. The molecule has 1 atom stereocenters. The van der Waals surface area contributed by atoms with Gasteiger partial charge in [-0.05, 0) is 56.3 Å². The summed E-state index contributed by atoms with van der Waals surface area (Å²) in [4.78, 5) is 0. The van der Waals surface area contributed by atoms with Gasteiger partial charge in [0.1, 0.15) is 0 Å². The topological polar surface area (TPSA) is 26.3 Å². The third-order valence-corrected chi connectivity index (χ3v) is 6.25. The molecule has 2 nitrogen and oxygen atoms in total. The average Bonchev–Trinajstić information content (AvgIpc) is 2.34. The highest BCUT2D eigenvalue weighted by Gasteiger charge is 2.53. The van der Waals surface area contributed by atoms with Gasteiger partial charge in [-0.3, -0.25) is 4.18 Å². The van der Waals surface area contributed by atoms with Crippen LogP contribution in [0.2, 0.25) is 0 Å². The highest BCUT2D eigenvalue weighted by molar-refractivity contribution is 7.80. The lowest BCUT2D eigenvalue weighted by Gasteiger charge is -2.55. The molecule has 7 heteroatoms. The molecule has 4 saturated carbocycles. The van der Waals surface area contributed by atoms with Crippen molar-refractivity contribution in [3.63, 3.8) is 0 Å². The Hall–Kier alpha value is -0.170. The monoisotopic (exact) mass is 328 g/mol. The Bertz CT molecular complexity index is 392. The summed E-state index contributed by atoms with van der Waals surface area (Å²) in [6.45, 7) is 0. The van der Waals surface area contributed by atoms with Crippen molar-refractivity contribution in [3.05, 3.63) is 0 Å². The molecule has 122 valence electrons. The summed E-state index contributed by atoms with van der Waals surface area (Å²) in [5.74, 6) is -2.83. The molecule has 0 heterocycles. The maximum absolute atomic E-state index is 12.9. The van der Waals surface area contributed by atoms with Gasteiger partial charge in [0, 0.05) is 6.42 Å². The average molecular weight is 328 g/mol. The van der Waals surface area contributed by atoms with E-state index in [0.29, 0.717) is 17.8 Å². The quantitative estimate of drug-likeness (QED) is 0.691. The predicted molar refractivity (Wildman–Crippen MR) is 70.6 cm³/mol. The Kier molecular flexibility index (Phi) is 4.10. The molecule has 0 aromatic carbocycles. The molecule has 0 saturated heterocycles. The van der Waals surface area contributed by atoms with Crippen molar-refractivity contribution in [2.24, 2.45) is 17.8 Å². The van der Waals surface area contributed by atoms with E-state index in [-0.39, 0.29) is 0 Å². The summed E-state index contributed by atoms with van der Waals surface area (Å²) in [6.07, 6.45) is 1.30. The van der Waals surface area contributed by atoms with E-state index in [2.05, 4.69) is 0 Å². The molecule has 0 aliphatic heterocycles. The van der Waals surface area contributed by atoms with Gasteiger partial charge < -0.3 is 0 Å². The third-order valence-electron chi connectivity index (χ3n) is 5.17. The summed E-state index contributed by atoms with van der Waals surface area (Å²) in [5.41, 5.74) is -0.445. The van der Waals surface area contributed by atoms with Crippen molar-refractivity contribution in [3.8, 4) is 0 Å². The van der Waals surface area contributed by atoms with Gasteiger partial charge in [0.25, 0.3) is 0 Å². The summed E-state index contributed by atoms with van der Waals surface area (Å²) >= 11 is -1.91. The van der Waals surface area contributed by atoms with Crippen molar-refractivity contribution in [2.45, 2.75) is 62.9 Å². The molecule has 0 radical (unpaired) electrons. The molecule has 0 N–H and O–H groups in total. The first kappa shape index (κ1) is 15.7. The maximum Gasteiger partial charge on any atom is 0.308 e. The second-order valence-electron chi connectivity index (χ2n) is 7.00. The SMILES string of the molecule is O=S(CCC(F)(F)C(F)F)OC12CC3CC(CC(C3)C1)C2. The van der Waals surface area contributed by atoms with Gasteiger partial charge in [0.15, 0.2) is 11.1 Å². The van der Waals surface area contributed by atoms with Gasteiger partial charge in [-0.1, -0.05) is 0 Å². The summed E-state index contributed by atoms with van der Waals surface area (Å²) in [7, 11) is 0. The summed E-state index contributed by atoms with van der Waals surface area (Å²) in [5, 5.41) is 0. The van der Waals surface area contributed by atoms with Crippen LogP contribution in [0.5, 0.6) is 0 Å². The lowest BCUT2D eigenvalue weighted by atomic mass is 9.54. The first-order valence-electron chi connectivity index (χ1n) is 7.52. The van der Waals surface area contributed by atoms with E-state index in [0.717, 1.165) is 19.3 Å². The molecule has 0 aromatic heterocycles. The smallest absolute Gasteiger partial charge is 0.284 e. The first-order chi connectivity index (χ1) is 9.78. The number of halogens is 4. The fourth-order valence-electron chi connectivity index (χ4n) is 4.70. The van der Waals surface area contributed by atoms with E-state index in [1.165, 1.54) is 19.3 Å². The lowest BCUT2D eigenvalue weighted by Crippen LogP contribution is -2.52. The fourth-order valence-corrected chi connectivity index (χ4v) is 5.82. The minimum Gasteiger partial charge on any atom is -0.284 e. The van der Waals surface area contributed by atoms with Crippen molar-refractivity contribution < 1.29 is 26.0 Å². The van der Waals surface area contributed by atoms with Crippen molar-refractivity contribution >= 4 is 11.1 Å². The van der Waals surface area contributed by atoms with E-state index in [1.54, 1.807) is 0 Å². The third kappa shape index (κ3) is 3.28. The normalized spacial score (nSPS) is 40.0. The minimum absolute atomic E-state index is 0.445. The second kappa shape index (κ2) is 5.48. The first-order valence-corrected chi connectivity index (χ1v) is 8.76. The molecule has 4 rings (SSSR count). The van der Waals surface area contributed by atoms with Crippen LogP contribution in [0, 0.1) is 17.8 Å². The summed E-state index contributed by atoms with van der Waals surface area (Å²) < 4.78 is 67.4. The molecule has 0 aromatic rings. The molecular weight excluding hydrogens is 308 g/mol. The standard InChI is InChI=1S/C14H20F4O2S/c15-12(16)14(17,18)1-2-21(19)20-13-6-9-3-10(7-13)5-11(4-9)8-13/h9-12H,1-8H2. The molecule has 0 spiro atoms. The number of rotatable bonds is 6. The Morgan fingerprint density at radius 3 is 2.00 bits per heavy atom. The van der Waals surface area contributed by atoms with Gasteiger partial charge in [-0.2, -0.15) is 0 Å². The van der Waals surface area contributed by atoms with Crippen molar-refractivity contribution in [1.29, 1.82) is 0 Å². The van der Waals surface area contributed by atoms with E-state index in [1.807, 2.05) is 0 Å². The van der Waals surface area contributed by atoms with Crippen LogP contribution in [-0.4, -0.2) is 27.9 Å². The van der Waals surface area contributed by atoms with Crippen LogP contribution in [0.1, 0.15) is 44.9 Å². The Morgan fingerprint density at radius 2 is 1.57 bits per heavy atom. The van der Waals surface area contributed by atoms with Crippen LogP contribution in [0.25, 0.3) is 0 Å². The van der Waals surface area contributed by atoms with Crippen LogP contribution >= 0.6 is 0 Å². The Labute approximate surface area is 124 Å². The zero-order chi connectivity index (χ0) is 15.3. The number of hydrogen-bond donors (Lipinski definition) is 0. The van der Waals surface area contributed by atoms with Crippen LogP contribution < -0.4 is 0 Å². The zero-order valence-electron chi connectivity index (χ0n) is 11.7. The number of alkyl halides is 4. The summed E-state index contributed by atoms with van der Waals surface area (Å²) in [6, 6.07) is 0. The van der Waals surface area contributed by atoms with Crippen LogP contribution in [0.4, 0.5) is 17.6 Å². The highest BCUT2D eigenvalue weighted by Crippen LogP contribution is 2.57. The van der Waals surface area contributed by atoms with E-state index >= 15 is 0 Å². The van der Waals surface area contributed by atoms with Gasteiger partial charge in [-0.25, -0.2) is 21.8 Å². The highest BCUT2D eigenvalue weighted by atomic mass is 32.2. The van der Waals surface area contributed by atoms with Gasteiger partial charge in [0.2, 0.25) is 0 Å². The molecule has 4 bridgehead atoms. The van der Waals surface area contributed by atoms with Crippen LogP contribution in [-0.2, 0) is 15.3 Å². The van der Waals surface area contributed by atoms with Crippen molar-refractivity contribution in [2.75, 3.05) is 5.75 Å². The Morgan fingerprint density at radius 1 is 1.10 bits per heavy atom. The van der Waals surface area contributed by atoms with Gasteiger partial charge in [-0.15, -0.1) is 0 Å². The number of hydrogen-bond acceptors (Lipinski definition) is 2. The molecule has 4 aliphatic carbocycles. The van der Waals surface area contributed by atoms with Crippen LogP contribution in [0.3, 0.4) is 0 Å². The van der Waals surface area contributed by atoms with E-state index < -0.39 is 41.2 Å². The van der Waals surface area contributed by atoms with Gasteiger partial charge >= 0.3 is 12.3 Å². The molecule has 21 heavy (non-hydrogen) atoms. The molecule has 0 amide bonds. The molecule has 1 unspecified atom stereocenters. The van der Waals surface area contributed by atoms with Crippen LogP contribution in [0.15, 0.2) is 0 Å². The predicted octanol–water partition coefficient (Wildman–Crippen LogP) is 3.93. The minimum atomic E-state index is -4.08. The zero-order valence-corrected chi connectivity index (χ0v) is 12.5. The molecule has 4 aliphatic rings. The van der Waals surface area contributed by atoms with Gasteiger partial charge in [0.05, 0.1) is 11.4 Å². The Balaban J connectivity index is 1.56. The van der Waals surface area contributed by atoms with E-state index in [4.69, 9.17) is 4.18 Å². The van der Waals surface area contributed by atoms with Crippen molar-refractivity contribution in [1.82, 2.24) is 0 Å². The fraction of sp³-hybridized carbons (Fsp3) is 1.00. The second-order valence-corrected chi connectivity index (χ2v) is 8.19. The largest absolute Gasteiger partial charge is 0.308 e. The van der Waals surface area contributed by atoms with E-state index in [9.17, 15) is 21.8 Å². The molecular formula is C14H20F4O2S. The molecule has 4 fully saturated rings. The lowest BCUT2D eigenvalue weighted by molar-refractivity contribution is -0.130.